The van der Waals surface area contributed by atoms with Crippen LogP contribution in [0.25, 0.3) is 0 Å². The molecule has 1 saturated carbocycles. The van der Waals surface area contributed by atoms with Crippen LogP contribution in [-0.4, -0.2) is 23.5 Å². The molecule has 1 fully saturated rings. The number of nitrogens with zero attached hydrogens (tertiary/aromatic N) is 1. The van der Waals surface area contributed by atoms with Crippen molar-refractivity contribution in [2.75, 3.05) is 11.9 Å². The molecule has 0 spiro atoms. The minimum atomic E-state index is -0.614. The molecule has 2 rings (SSSR count). The van der Waals surface area contributed by atoms with E-state index in [0.717, 1.165) is 25.7 Å². The third-order valence-corrected chi connectivity index (χ3v) is 4.03. The van der Waals surface area contributed by atoms with E-state index in [9.17, 15) is 14.9 Å². The normalized spacial score (nSPS) is 15.4. The standard InChI is InChI=1S/C15H19ClN2O4/c1-2-22-15(19)10-8-12(16)14(13(9-10)18(20)21)17-11-6-4-3-5-7-11/h8-9,11,17H,2-7H2,1H3. The van der Waals surface area contributed by atoms with Crippen LogP contribution in [-0.2, 0) is 4.74 Å². The number of nitro groups is 1. The van der Waals surface area contributed by atoms with Crippen LogP contribution in [0.1, 0.15) is 49.4 Å². The second-order valence-electron chi connectivity index (χ2n) is 5.31. The summed E-state index contributed by atoms with van der Waals surface area (Å²) in [5.74, 6) is -0.614. The van der Waals surface area contributed by atoms with Crippen LogP contribution in [0.5, 0.6) is 0 Å². The zero-order chi connectivity index (χ0) is 16.1. The van der Waals surface area contributed by atoms with Gasteiger partial charge in [0.15, 0.2) is 0 Å². The number of hydrogen-bond acceptors (Lipinski definition) is 5. The van der Waals surface area contributed by atoms with Gasteiger partial charge in [0.2, 0.25) is 0 Å². The Morgan fingerprint density at radius 1 is 1.41 bits per heavy atom. The fourth-order valence-corrected chi connectivity index (χ4v) is 2.93. The van der Waals surface area contributed by atoms with Crippen LogP contribution in [0.4, 0.5) is 11.4 Å². The maximum Gasteiger partial charge on any atom is 0.338 e. The molecule has 0 radical (unpaired) electrons. The molecule has 22 heavy (non-hydrogen) atoms. The average molecular weight is 327 g/mol. The van der Waals surface area contributed by atoms with Crippen LogP contribution in [0.3, 0.4) is 0 Å². The molecule has 0 amide bonds. The number of carbonyl (C=O) groups excluding carboxylic acids is 1. The van der Waals surface area contributed by atoms with Gasteiger partial charge in [0.25, 0.3) is 5.69 Å². The number of nitrogens with one attached hydrogen (secondary N) is 1. The van der Waals surface area contributed by atoms with Gasteiger partial charge in [0.05, 0.1) is 22.1 Å². The first kappa shape index (κ1) is 16.5. The summed E-state index contributed by atoms with van der Waals surface area (Å²) in [5, 5.41) is 14.6. The molecule has 1 aliphatic carbocycles. The van der Waals surface area contributed by atoms with Crippen molar-refractivity contribution in [3.8, 4) is 0 Å². The molecule has 1 aromatic carbocycles. The number of anilines is 1. The van der Waals surface area contributed by atoms with Gasteiger partial charge in [-0.15, -0.1) is 0 Å². The predicted octanol–water partition coefficient (Wildman–Crippen LogP) is 4.17. The van der Waals surface area contributed by atoms with Gasteiger partial charge in [0, 0.05) is 12.1 Å². The van der Waals surface area contributed by atoms with Gasteiger partial charge in [-0.1, -0.05) is 30.9 Å². The number of carbonyl (C=O) groups is 1. The van der Waals surface area contributed by atoms with Crippen LogP contribution in [0.15, 0.2) is 12.1 Å². The molecule has 0 saturated heterocycles. The Morgan fingerprint density at radius 3 is 2.68 bits per heavy atom. The predicted molar refractivity (Wildman–Crippen MR) is 84.6 cm³/mol. The van der Waals surface area contributed by atoms with Crippen LogP contribution < -0.4 is 5.32 Å². The SMILES string of the molecule is CCOC(=O)c1cc(Cl)c(NC2CCCCC2)c([N+](=O)[O-])c1. The summed E-state index contributed by atoms with van der Waals surface area (Å²) in [6.45, 7) is 1.87. The molecule has 0 unspecified atom stereocenters. The van der Waals surface area contributed by atoms with E-state index in [1.165, 1.54) is 18.6 Å². The third-order valence-electron chi connectivity index (χ3n) is 3.73. The van der Waals surface area contributed by atoms with Gasteiger partial charge in [-0.2, -0.15) is 0 Å². The van der Waals surface area contributed by atoms with Crippen molar-refractivity contribution in [2.45, 2.75) is 45.1 Å². The topological polar surface area (TPSA) is 81.5 Å². The molecule has 0 bridgehead atoms. The molecule has 1 N–H and O–H groups in total. The third kappa shape index (κ3) is 3.88. The lowest BCUT2D eigenvalue weighted by Gasteiger charge is -2.24. The van der Waals surface area contributed by atoms with Gasteiger partial charge in [-0.05, 0) is 25.8 Å². The molecule has 120 valence electrons. The summed E-state index contributed by atoms with van der Waals surface area (Å²) in [5.41, 5.74) is 0.181. The highest BCUT2D eigenvalue weighted by atomic mass is 35.5. The number of hydrogen-bond donors (Lipinski definition) is 1. The second kappa shape index (κ2) is 7.45. The average Bonchev–Trinajstić information content (AvgIpc) is 2.50. The maximum atomic E-state index is 11.7. The summed E-state index contributed by atoms with van der Waals surface area (Å²) < 4.78 is 4.87. The van der Waals surface area contributed by atoms with Gasteiger partial charge in [-0.25, -0.2) is 4.79 Å². The van der Waals surface area contributed by atoms with Crippen molar-refractivity contribution in [1.82, 2.24) is 0 Å². The van der Waals surface area contributed by atoms with E-state index in [1.807, 2.05) is 0 Å². The minimum Gasteiger partial charge on any atom is -0.462 e. The summed E-state index contributed by atoms with van der Waals surface area (Å²) in [6, 6.07) is 2.81. The monoisotopic (exact) mass is 326 g/mol. The lowest BCUT2D eigenvalue weighted by Crippen LogP contribution is -2.23. The first-order valence-corrected chi connectivity index (χ1v) is 7.82. The van der Waals surface area contributed by atoms with Crippen molar-refractivity contribution in [3.63, 3.8) is 0 Å². The van der Waals surface area contributed by atoms with E-state index in [4.69, 9.17) is 16.3 Å². The Kier molecular flexibility index (Phi) is 5.60. The van der Waals surface area contributed by atoms with Crippen molar-refractivity contribution >= 4 is 28.9 Å². The quantitative estimate of drug-likeness (QED) is 0.499. The largest absolute Gasteiger partial charge is 0.462 e. The van der Waals surface area contributed by atoms with Crippen molar-refractivity contribution in [2.24, 2.45) is 0 Å². The molecule has 0 aromatic heterocycles. The van der Waals surface area contributed by atoms with Gasteiger partial charge in [0.1, 0.15) is 5.69 Å². The van der Waals surface area contributed by atoms with Crippen LogP contribution in [0.2, 0.25) is 5.02 Å². The Hall–Kier alpha value is -1.82. The highest BCUT2D eigenvalue weighted by Gasteiger charge is 2.24. The molecule has 7 heteroatoms. The summed E-state index contributed by atoms with van der Waals surface area (Å²) in [7, 11) is 0. The minimum absolute atomic E-state index is 0.0905. The Bertz CT molecular complexity index is 571. The van der Waals surface area contributed by atoms with E-state index >= 15 is 0 Å². The van der Waals surface area contributed by atoms with E-state index in [0.29, 0.717) is 0 Å². The number of benzene rings is 1. The number of ether oxygens (including phenoxy) is 1. The van der Waals surface area contributed by atoms with Gasteiger partial charge >= 0.3 is 5.97 Å². The lowest BCUT2D eigenvalue weighted by molar-refractivity contribution is -0.384. The highest BCUT2D eigenvalue weighted by molar-refractivity contribution is 6.34. The number of esters is 1. The maximum absolute atomic E-state index is 11.7. The second-order valence-corrected chi connectivity index (χ2v) is 5.72. The molecule has 0 aliphatic heterocycles. The smallest absolute Gasteiger partial charge is 0.338 e. The fraction of sp³-hybridized carbons (Fsp3) is 0.533. The highest BCUT2D eigenvalue weighted by Crippen LogP contribution is 2.36. The molecule has 0 atom stereocenters. The molecule has 1 aromatic rings. The first-order valence-electron chi connectivity index (χ1n) is 7.44. The van der Waals surface area contributed by atoms with Gasteiger partial charge in [-0.3, -0.25) is 10.1 Å². The molecule has 1 aliphatic rings. The molecular formula is C15H19ClN2O4. The fourth-order valence-electron chi connectivity index (χ4n) is 2.66. The summed E-state index contributed by atoms with van der Waals surface area (Å²) >= 11 is 6.17. The van der Waals surface area contributed by atoms with E-state index in [2.05, 4.69) is 5.32 Å². The van der Waals surface area contributed by atoms with Crippen LogP contribution >= 0.6 is 11.6 Å². The molecule has 6 nitrogen and oxygen atoms in total. The molecular weight excluding hydrogens is 308 g/mol. The summed E-state index contributed by atoms with van der Waals surface area (Å²) in [4.78, 5) is 22.5. The zero-order valence-corrected chi connectivity index (χ0v) is 13.2. The Balaban J connectivity index is 2.31. The van der Waals surface area contributed by atoms with E-state index in [-0.39, 0.29) is 34.6 Å². The summed E-state index contributed by atoms with van der Waals surface area (Å²) in [6.07, 6.45) is 5.32. The van der Waals surface area contributed by atoms with Crippen LogP contribution in [0, 0.1) is 10.1 Å². The number of halogens is 1. The zero-order valence-electron chi connectivity index (χ0n) is 12.4. The van der Waals surface area contributed by atoms with Crippen molar-refractivity contribution in [1.29, 1.82) is 0 Å². The Labute approximate surface area is 133 Å². The number of nitro benzene ring substituents is 1. The number of rotatable bonds is 5. The van der Waals surface area contributed by atoms with E-state index in [1.54, 1.807) is 6.92 Å². The van der Waals surface area contributed by atoms with Crippen molar-refractivity contribution in [3.05, 3.63) is 32.8 Å². The first-order chi connectivity index (χ1) is 10.5. The van der Waals surface area contributed by atoms with Gasteiger partial charge < -0.3 is 10.1 Å². The lowest BCUT2D eigenvalue weighted by atomic mass is 9.95. The van der Waals surface area contributed by atoms with E-state index < -0.39 is 10.9 Å². The Morgan fingerprint density at radius 2 is 2.09 bits per heavy atom. The van der Waals surface area contributed by atoms with Crippen molar-refractivity contribution < 1.29 is 14.5 Å². The molecule has 0 heterocycles.